The first-order chi connectivity index (χ1) is 14.8. The molecule has 4 rings (SSSR count). The SMILES string of the molecule is C#CC1(OC(=O)CCCN(C)C)C[C@H]2CCCC[C@H]2N1C(=O)OC.Cc1cc2ccc1-2. The number of hydrogen-bond donors (Lipinski definition) is 0. The number of methoxy groups -OCH3 is 1. The molecule has 0 bridgehead atoms. The van der Waals surface area contributed by atoms with Crippen molar-refractivity contribution < 1.29 is 19.1 Å². The first-order valence-corrected chi connectivity index (χ1v) is 11.1. The predicted octanol–water partition coefficient (Wildman–Crippen LogP) is 4.21. The second-order valence-corrected chi connectivity index (χ2v) is 9.00. The topological polar surface area (TPSA) is 59.1 Å². The van der Waals surface area contributed by atoms with Crippen LogP contribution in [0.3, 0.4) is 0 Å². The van der Waals surface area contributed by atoms with E-state index in [0.29, 0.717) is 12.8 Å². The maximum absolute atomic E-state index is 12.3. The molecule has 3 aliphatic carbocycles. The van der Waals surface area contributed by atoms with Gasteiger partial charge in [0.25, 0.3) is 5.72 Å². The van der Waals surface area contributed by atoms with Crippen molar-refractivity contribution in [2.75, 3.05) is 27.7 Å². The van der Waals surface area contributed by atoms with Crippen LogP contribution in [-0.2, 0) is 14.3 Å². The summed E-state index contributed by atoms with van der Waals surface area (Å²) in [6.07, 6.45) is 10.8. The van der Waals surface area contributed by atoms with Gasteiger partial charge in [0.1, 0.15) is 0 Å². The molecule has 6 nitrogen and oxygen atoms in total. The third kappa shape index (κ3) is 4.88. The van der Waals surface area contributed by atoms with Crippen molar-refractivity contribution in [3.8, 4) is 23.5 Å². The van der Waals surface area contributed by atoms with Gasteiger partial charge in [0.05, 0.1) is 7.11 Å². The fourth-order valence-electron chi connectivity index (χ4n) is 4.88. The standard InChI is InChI=1S/C18H28N2O4.C7H6/c1-5-18(24-16(21)11-8-12-19(2)3)13-14-9-6-7-10-15(14)20(18)17(22)23-4;1-5-4-6-2-3-7(5)6/h1,14-15H,6-13H2,2-4H3;2-4H,1H3/t14-,15-,18?;/m1./s1. The molecule has 4 aliphatic rings. The van der Waals surface area contributed by atoms with E-state index in [4.69, 9.17) is 15.9 Å². The average Bonchev–Trinajstić information content (AvgIpc) is 3.05. The molecule has 31 heavy (non-hydrogen) atoms. The molecule has 0 aromatic carbocycles. The number of carbonyl (C=O) groups is 2. The van der Waals surface area contributed by atoms with Gasteiger partial charge in [-0.25, -0.2) is 4.79 Å². The van der Waals surface area contributed by atoms with Crippen molar-refractivity contribution >= 4 is 12.1 Å². The summed E-state index contributed by atoms with van der Waals surface area (Å²) in [5.41, 5.74) is 3.05. The van der Waals surface area contributed by atoms with E-state index in [9.17, 15) is 9.59 Å². The Kier molecular flexibility index (Phi) is 7.27. The molecule has 1 saturated carbocycles. The van der Waals surface area contributed by atoms with Crippen LogP contribution in [0.25, 0.3) is 11.1 Å². The normalized spacial score (nSPS) is 25.1. The quantitative estimate of drug-likeness (QED) is 0.530. The predicted molar refractivity (Wildman–Crippen MR) is 120 cm³/mol. The number of hydrogen-bond acceptors (Lipinski definition) is 5. The lowest BCUT2D eigenvalue weighted by atomic mass is 9.84. The lowest BCUT2D eigenvalue weighted by Gasteiger charge is -2.36. The Bertz CT molecular complexity index is 860. The molecule has 168 valence electrons. The van der Waals surface area contributed by atoms with Crippen LogP contribution in [0.2, 0.25) is 0 Å². The number of rotatable bonds is 5. The van der Waals surface area contributed by atoms with Crippen molar-refractivity contribution in [2.45, 2.75) is 63.6 Å². The first-order valence-electron chi connectivity index (χ1n) is 11.1. The highest BCUT2D eigenvalue weighted by molar-refractivity contribution is 5.80. The Hall–Kier alpha value is -2.52. The van der Waals surface area contributed by atoms with Crippen LogP contribution in [0.4, 0.5) is 4.79 Å². The highest BCUT2D eigenvalue weighted by Crippen LogP contribution is 2.46. The Labute approximate surface area is 185 Å². The Morgan fingerprint density at radius 1 is 1.29 bits per heavy atom. The van der Waals surface area contributed by atoms with Gasteiger partial charge >= 0.3 is 12.1 Å². The largest absolute Gasteiger partial charge is 0.453 e. The summed E-state index contributed by atoms with van der Waals surface area (Å²) in [4.78, 5) is 28.1. The Morgan fingerprint density at radius 2 is 2.03 bits per heavy atom. The number of carbonyl (C=O) groups excluding carboxylic acids is 2. The van der Waals surface area contributed by atoms with E-state index in [1.807, 2.05) is 19.0 Å². The van der Waals surface area contributed by atoms with E-state index in [1.54, 1.807) is 0 Å². The summed E-state index contributed by atoms with van der Waals surface area (Å²) < 4.78 is 10.6. The molecule has 6 heteroatoms. The van der Waals surface area contributed by atoms with Gasteiger partial charge in [-0.15, -0.1) is 6.42 Å². The van der Waals surface area contributed by atoms with Crippen molar-refractivity contribution in [2.24, 2.45) is 5.92 Å². The van der Waals surface area contributed by atoms with E-state index in [-0.39, 0.29) is 24.3 Å². The minimum Gasteiger partial charge on any atom is -0.453 e. The molecule has 1 saturated heterocycles. The van der Waals surface area contributed by atoms with Gasteiger partial charge in [0.15, 0.2) is 0 Å². The number of ether oxygens (including phenoxy) is 2. The van der Waals surface area contributed by atoms with Crippen LogP contribution < -0.4 is 0 Å². The van der Waals surface area contributed by atoms with Crippen molar-refractivity contribution in [1.29, 1.82) is 0 Å². The number of likely N-dealkylation sites (tertiary alicyclic amines) is 1. The smallest absolute Gasteiger partial charge is 0.413 e. The molecule has 3 atom stereocenters. The van der Waals surface area contributed by atoms with Crippen LogP contribution in [0.5, 0.6) is 0 Å². The molecule has 1 heterocycles. The molecule has 0 radical (unpaired) electrons. The van der Waals surface area contributed by atoms with Gasteiger partial charge in [-0.1, -0.05) is 31.0 Å². The molecule has 1 amide bonds. The number of aryl methyl sites for hydroxylation is 1. The number of fused-ring (bicyclic) bond motifs is 2. The van der Waals surface area contributed by atoms with E-state index < -0.39 is 11.8 Å². The molecule has 1 unspecified atom stereocenters. The summed E-state index contributed by atoms with van der Waals surface area (Å²) in [5, 5.41) is 0. The molecule has 0 aromatic rings. The first kappa shape index (κ1) is 23.1. The zero-order valence-corrected chi connectivity index (χ0v) is 19.1. The van der Waals surface area contributed by atoms with Gasteiger partial charge in [-0.3, -0.25) is 9.69 Å². The highest BCUT2D eigenvalue weighted by atomic mass is 16.6. The lowest BCUT2D eigenvalue weighted by Crippen LogP contribution is -2.53. The van der Waals surface area contributed by atoms with Gasteiger partial charge in [0.2, 0.25) is 0 Å². The van der Waals surface area contributed by atoms with Gasteiger partial charge in [-0.05, 0) is 75.4 Å². The van der Waals surface area contributed by atoms with Crippen LogP contribution in [0.15, 0.2) is 18.2 Å². The van der Waals surface area contributed by atoms with Crippen molar-refractivity contribution in [1.82, 2.24) is 9.80 Å². The molecule has 1 aliphatic heterocycles. The van der Waals surface area contributed by atoms with Crippen LogP contribution >= 0.6 is 0 Å². The monoisotopic (exact) mass is 426 g/mol. The number of benzene rings is 1. The number of amides is 1. The van der Waals surface area contributed by atoms with Crippen LogP contribution in [0, 0.1) is 25.2 Å². The Morgan fingerprint density at radius 3 is 2.52 bits per heavy atom. The van der Waals surface area contributed by atoms with Crippen LogP contribution in [0.1, 0.15) is 50.5 Å². The van der Waals surface area contributed by atoms with E-state index in [2.05, 4.69) is 31.0 Å². The van der Waals surface area contributed by atoms with E-state index in [0.717, 1.165) is 32.2 Å². The van der Waals surface area contributed by atoms with Crippen molar-refractivity contribution in [3.05, 3.63) is 23.8 Å². The van der Waals surface area contributed by atoms with Crippen molar-refractivity contribution in [3.63, 3.8) is 0 Å². The second kappa shape index (κ2) is 9.74. The molecular formula is C25H34N2O4. The third-order valence-corrected chi connectivity index (χ3v) is 6.53. The molecule has 2 fully saturated rings. The molecule has 0 N–H and O–H groups in total. The average molecular weight is 427 g/mol. The van der Waals surface area contributed by atoms with E-state index in [1.165, 1.54) is 28.7 Å². The highest BCUT2D eigenvalue weighted by Gasteiger charge is 2.56. The summed E-state index contributed by atoms with van der Waals surface area (Å²) in [5.74, 6) is 2.51. The number of esters is 1. The minimum absolute atomic E-state index is 0.00294. The lowest BCUT2D eigenvalue weighted by molar-refractivity contribution is -0.166. The zero-order chi connectivity index (χ0) is 22.6. The summed E-state index contributed by atoms with van der Waals surface area (Å²) in [6.45, 7) is 2.94. The van der Waals surface area contributed by atoms with E-state index >= 15 is 0 Å². The minimum atomic E-state index is -1.30. The van der Waals surface area contributed by atoms with Gasteiger partial charge < -0.3 is 14.4 Å². The molecule has 0 aromatic heterocycles. The summed E-state index contributed by atoms with van der Waals surface area (Å²) in [6, 6.07) is 6.50. The zero-order valence-electron chi connectivity index (χ0n) is 19.1. The maximum atomic E-state index is 12.3. The fourth-order valence-corrected chi connectivity index (χ4v) is 4.88. The van der Waals surface area contributed by atoms with Crippen LogP contribution in [-0.4, -0.2) is 61.4 Å². The Balaban J connectivity index is 0.000000322. The molecular weight excluding hydrogens is 392 g/mol. The number of terminal acetylenes is 1. The van der Waals surface area contributed by atoms with Gasteiger partial charge in [0, 0.05) is 18.9 Å². The second-order valence-electron chi connectivity index (χ2n) is 9.00. The summed E-state index contributed by atoms with van der Waals surface area (Å²) in [7, 11) is 5.24. The van der Waals surface area contributed by atoms with Gasteiger partial charge in [-0.2, -0.15) is 0 Å². The number of nitrogens with zero attached hydrogens (tertiary/aromatic N) is 2. The molecule has 0 spiro atoms. The fraction of sp³-hybridized carbons (Fsp3) is 0.600. The third-order valence-electron chi connectivity index (χ3n) is 6.53. The maximum Gasteiger partial charge on any atom is 0.413 e. The summed E-state index contributed by atoms with van der Waals surface area (Å²) >= 11 is 0.